The van der Waals surface area contributed by atoms with Crippen LogP contribution in [0.3, 0.4) is 0 Å². The largest absolute Gasteiger partial charge is 0.453 e. The molecule has 7 aromatic rings. The van der Waals surface area contributed by atoms with Gasteiger partial charge in [-0.25, -0.2) is 4.98 Å². The minimum Gasteiger partial charge on any atom is -0.453 e. The number of hydrogen-bond donors (Lipinski definition) is 0. The Morgan fingerprint density at radius 1 is 0.925 bits per heavy atom. The molecule has 194 valence electrons. The van der Waals surface area contributed by atoms with Gasteiger partial charge in [-0.1, -0.05) is 70.0 Å². The smallest absolute Gasteiger partial charge is 0.282 e. The van der Waals surface area contributed by atoms with Crippen LogP contribution >= 0.6 is 27.5 Å². The minimum absolute atomic E-state index is 0.275. The molecular weight excluding hydrogens is 588 g/mol. The molecule has 3 aromatic heterocycles. The topological polar surface area (TPSA) is 65.3 Å². The molecule has 3 heterocycles. The molecule has 0 radical (unpaired) electrons. The van der Waals surface area contributed by atoms with Crippen LogP contribution in [0, 0.1) is 0 Å². The molecule has 0 unspecified atom stereocenters. The van der Waals surface area contributed by atoms with Gasteiger partial charge in [0.2, 0.25) is 5.82 Å². The Morgan fingerprint density at radius 2 is 1.70 bits per heavy atom. The molecule has 0 aliphatic carbocycles. The summed E-state index contributed by atoms with van der Waals surface area (Å²) in [4.78, 5) is 18.5. The van der Waals surface area contributed by atoms with Gasteiger partial charge in [0.15, 0.2) is 5.76 Å². The Balaban J connectivity index is 1.37. The lowest BCUT2D eigenvalue weighted by Gasteiger charge is -2.07. The molecule has 0 saturated heterocycles. The van der Waals surface area contributed by atoms with Crippen LogP contribution in [0.15, 0.2) is 122 Å². The van der Waals surface area contributed by atoms with Gasteiger partial charge >= 0.3 is 0 Å². The number of benzene rings is 4. The molecule has 0 aliphatic heterocycles. The third kappa shape index (κ3) is 4.43. The number of nitrogens with zero attached hydrogens (tertiary/aromatic N) is 4. The molecule has 0 fully saturated rings. The zero-order valence-electron chi connectivity index (χ0n) is 21.0. The summed E-state index contributed by atoms with van der Waals surface area (Å²) in [7, 11) is 0. The van der Waals surface area contributed by atoms with Crippen LogP contribution in [0.25, 0.3) is 44.4 Å². The van der Waals surface area contributed by atoms with Crippen LogP contribution in [0.2, 0.25) is 5.02 Å². The highest BCUT2D eigenvalue weighted by Gasteiger charge is 2.17. The van der Waals surface area contributed by atoms with Crippen LogP contribution < -0.4 is 5.56 Å². The summed E-state index contributed by atoms with van der Waals surface area (Å²) in [6.07, 6.45) is 3.75. The molecule has 7 rings (SSSR count). The molecule has 0 amide bonds. The van der Waals surface area contributed by atoms with Gasteiger partial charge in [0.1, 0.15) is 5.58 Å². The maximum atomic E-state index is 13.7. The molecular formula is C32H20BrClN4O2. The van der Waals surface area contributed by atoms with Gasteiger partial charge in [0, 0.05) is 44.1 Å². The van der Waals surface area contributed by atoms with E-state index in [1.165, 1.54) is 4.68 Å². The number of furan rings is 1. The predicted octanol–water partition coefficient (Wildman–Crippen LogP) is 8.11. The summed E-state index contributed by atoms with van der Waals surface area (Å²) >= 11 is 9.59. The lowest BCUT2D eigenvalue weighted by atomic mass is 10.2. The van der Waals surface area contributed by atoms with Crippen LogP contribution in [0.5, 0.6) is 0 Å². The molecule has 4 aromatic carbocycles. The van der Waals surface area contributed by atoms with Crippen molar-refractivity contribution < 1.29 is 4.42 Å². The van der Waals surface area contributed by atoms with E-state index in [1.54, 1.807) is 12.3 Å². The number of para-hydroxylation sites is 2. The fourth-order valence-electron chi connectivity index (χ4n) is 4.93. The average Bonchev–Trinajstić information content (AvgIpc) is 3.55. The maximum Gasteiger partial charge on any atom is 0.282 e. The SMILES string of the molecule is O=c1c2ccccc2nc(-c2cc3cc(Br)ccc3o2)n1N=Cc1cn(Cc2ccc(Cl)cc2)c2ccccc12. The Labute approximate surface area is 241 Å². The normalized spacial score (nSPS) is 11.8. The fraction of sp³-hybridized carbons (Fsp3) is 0.0312. The van der Waals surface area contributed by atoms with Crippen molar-refractivity contribution in [2.24, 2.45) is 5.10 Å². The second-order valence-corrected chi connectivity index (χ2v) is 10.8. The molecule has 8 heteroatoms. The fourth-order valence-corrected chi connectivity index (χ4v) is 5.43. The van der Waals surface area contributed by atoms with Crippen molar-refractivity contribution in [2.45, 2.75) is 6.54 Å². The molecule has 0 saturated carbocycles. The Hall–Kier alpha value is -4.46. The van der Waals surface area contributed by atoms with E-state index in [0.29, 0.717) is 39.6 Å². The van der Waals surface area contributed by atoms with Crippen molar-refractivity contribution in [2.75, 3.05) is 0 Å². The lowest BCUT2D eigenvalue weighted by molar-refractivity contribution is 0.616. The van der Waals surface area contributed by atoms with Gasteiger partial charge in [-0.05, 0) is 60.2 Å². The lowest BCUT2D eigenvalue weighted by Crippen LogP contribution is -2.20. The van der Waals surface area contributed by atoms with Gasteiger partial charge < -0.3 is 8.98 Å². The summed E-state index contributed by atoms with van der Waals surface area (Å²) in [5.74, 6) is 0.787. The van der Waals surface area contributed by atoms with Gasteiger partial charge in [-0.15, -0.1) is 0 Å². The van der Waals surface area contributed by atoms with E-state index in [9.17, 15) is 4.79 Å². The van der Waals surface area contributed by atoms with Crippen molar-refractivity contribution in [3.8, 4) is 11.6 Å². The highest BCUT2D eigenvalue weighted by atomic mass is 79.9. The van der Waals surface area contributed by atoms with Gasteiger partial charge in [-0.3, -0.25) is 4.79 Å². The van der Waals surface area contributed by atoms with Crippen molar-refractivity contribution >= 4 is 66.5 Å². The van der Waals surface area contributed by atoms with Crippen LogP contribution in [0.4, 0.5) is 0 Å². The van der Waals surface area contributed by atoms with Crippen molar-refractivity contribution in [1.29, 1.82) is 0 Å². The molecule has 0 atom stereocenters. The van der Waals surface area contributed by atoms with E-state index >= 15 is 0 Å². The molecule has 0 bridgehead atoms. The third-order valence-corrected chi connectivity index (χ3v) is 7.60. The summed E-state index contributed by atoms with van der Waals surface area (Å²) < 4.78 is 10.5. The standard InChI is InChI=1S/C32H20BrClN4O2/c33-23-11-14-29-21(15-23)16-30(40-29)31-36-27-7-3-1-6-26(27)32(39)38(31)35-17-22-19-37(28-8-4-2-5-25(22)28)18-20-9-12-24(34)13-10-20/h1-17,19H,18H2. The van der Waals surface area contributed by atoms with Crippen molar-refractivity contribution in [3.05, 3.63) is 134 Å². The molecule has 0 spiro atoms. The quantitative estimate of drug-likeness (QED) is 0.186. The Kier molecular flexibility index (Phi) is 6.10. The zero-order chi connectivity index (χ0) is 27.2. The second-order valence-electron chi connectivity index (χ2n) is 9.46. The van der Waals surface area contributed by atoms with Gasteiger partial charge in [-0.2, -0.15) is 9.78 Å². The van der Waals surface area contributed by atoms with Crippen LogP contribution in [-0.4, -0.2) is 20.4 Å². The number of aromatic nitrogens is 3. The molecule has 40 heavy (non-hydrogen) atoms. The first-order chi connectivity index (χ1) is 19.5. The maximum absolute atomic E-state index is 13.7. The summed E-state index contributed by atoms with van der Waals surface area (Å²) in [6.45, 7) is 0.669. The summed E-state index contributed by atoms with van der Waals surface area (Å²) in [6, 6.07) is 30.8. The summed E-state index contributed by atoms with van der Waals surface area (Å²) in [5, 5.41) is 7.79. The first kappa shape index (κ1) is 24.6. The van der Waals surface area contributed by atoms with E-state index in [2.05, 4.69) is 37.7 Å². The van der Waals surface area contributed by atoms with Gasteiger partial charge in [0.05, 0.1) is 17.1 Å². The predicted molar refractivity (Wildman–Crippen MR) is 164 cm³/mol. The monoisotopic (exact) mass is 606 g/mol. The Bertz CT molecular complexity index is 2140. The van der Waals surface area contributed by atoms with E-state index in [1.807, 2.05) is 85.1 Å². The highest BCUT2D eigenvalue weighted by molar-refractivity contribution is 9.10. The summed E-state index contributed by atoms with van der Waals surface area (Å²) in [5.41, 5.74) is 4.07. The van der Waals surface area contributed by atoms with E-state index < -0.39 is 0 Å². The number of hydrogen-bond acceptors (Lipinski definition) is 4. The number of fused-ring (bicyclic) bond motifs is 3. The zero-order valence-corrected chi connectivity index (χ0v) is 23.3. The Morgan fingerprint density at radius 3 is 2.55 bits per heavy atom. The molecule has 0 N–H and O–H groups in total. The van der Waals surface area contributed by atoms with Gasteiger partial charge in [0.25, 0.3) is 5.56 Å². The first-order valence-electron chi connectivity index (χ1n) is 12.6. The number of rotatable bonds is 5. The van der Waals surface area contributed by atoms with Crippen LogP contribution in [-0.2, 0) is 6.54 Å². The second kappa shape index (κ2) is 9.93. The first-order valence-corrected chi connectivity index (χ1v) is 13.8. The minimum atomic E-state index is -0.275. The van der Waals surface area contributed by atoms with Crippen molar-refractivity contribution in [1.82, 2.24) is 14.2 Å². The van der Waals surface area contributed by atoms with Crippen LogP contribution in [0.1, 0.15) is 11.1 Å². The number of halogens is 2. The van der Waals surface area contributed by atoms with Crippen molar-refractivity contribution in [3.63, 3.8) is 0 Å². The average molecular weight is 608 g/mol. The molecule has 6 nitrogen and oxygen atoms in total. The van der Waals surface area contributed by atoms with E-state index in [4.69, 9.17) is 21.0 Å². The van der Waals surface area contributed by atoms with E-state index in [0.717, 1.165) is 31.9 Å². The van der Waals surface area contributed by atoms with E-state index in [-0.39, 0.29) is 5.56 Å². The highest BCUT2D eigenvalue weighted by Crippen LogP contribution is 2.29. The molecule has 0 aliphatic rings. The third-order valence-electron chi connectivity index (χ3n) is 6.85.